The van der Waals surface area contributed by atoms with Crippen molar-refractivity contribution >= 4 is 5.96 Å². The zero-order valence-electron chi connectivity index (χ0n) is 19.1. The molecule has 32 heavy (non-hydrogen) atoms. The van der Waals surface area contributed by atoms with E-state index in [4.69, 9.17) is 4.74 Å². The number of aliphatic imine (C=N–C) groups is 1. The van der Waals surface area contributed by atoms with E-state index in [-0.39, 0.29) is 18.0 Å². The fourth-order valence-corrected chi connectivity index (χ4v) is 3.63. The molecule has 0 bridgehead atoms. The van der Waals surface area contributed by atoms with Gasteiger partial charge in [-0.3, -0.25) is 4.90 Å². The maximum atomic E-state index is 13.0. The van der Waals surface area contributed by atoms with Gasteiger partial charge in [-0.1, -0.05) is 24.3 Å². The van der Waals surface area contributed by atoms with Crippen LogP contribution in [0.2, 0.25) is 0 Å². The third kappa shape index (κ3) is 8.13. The van der Waals surface area contributed by atoms with E-state index >= 15 is 0 Å². The molecule has 6 nitrogen and oxygen atoms in total. The third-order valence-corrected chi connectivity index (χ3v) is 5.46. The van der Waals surface area contributed by atoms with Crippen molar-refractivity contribution in [3.05, 3.63) is 65.5 Å². The lowest BCUT2D eigenvalue weighted by molar-refractivity contribution is 0.0792. The number of nitrogens with one attached hydrogen (secondary N) is 2. The summed E-state index contributed by atoms with van der Waals surface area (Å²) < 4.78 is 18.8. The molecular formula is C25H35FN4O2. The van der Waals surface area contributed by atoms with Crippen LogP contribution in [0.1, 0.15) is 37.8 Å². The molecule has 0 spiro atoms. The normalized spacial score (nSPS) is 16.6. The number of hydrogen-bond donors (Lipinski definition) is 3. The van der Waals surface area contributed by atoms with Crippen LogP contribution in [-0.4, -0.2) is 54.4 Å². The average molecular weight is 443 g/mol. The van der Waals surface area contributed by atoms with Crippen LogP contribution in [0.25, 0.3) is 0 Å². The largest absolute Gasteiger partial charge is 0.489 e. The fourth-order valence-electron chi connectivity index (χ4n) is 3.63. The molecule has 1 aliphatic rings. The zero-order chi connectivity index (χ0) is 22.8. The summed E-state index contributed by atoms with van der Waals surface area (Å²) in [5, 5.41) is 16.2. The summed E-state index contributed by atoms with van der Waals surface area (Å²) in [7, 11) is 0. The Labute approximate surface area is 190 Å². The Kier molecular flexibility index (Phi) is 9.31. The quantitative estimate of drug-likeness (QED) is 0.411. The van der Waals surface area contributed by atoms with Crippen molar-refractivity contribution in [1.82, 2.24) is 15.5 Å². The summed E-state index contributed by atoms with van der Waals surface area (Å²) in [4.78, 5) is 7.07. The number of hydrogen-bond acceptors (Lipinski definition) is 4. The Morgan fingerprint density at radius 3 is 2.41 bits per heavy atom. The van der Waals surface area contributed by atoms with Crippen LogP contribution in [0.4, 0.5) is 4.39 Å². The number of halogens is 1. The smallest absolute Gasteiger partial charge is 0.191 e. The Morgan fingerprint density at radius 1 is 1.09 bits per heavy atom. The molecule has 1 atom stereocenters. The van der Waals surface area contributed by atoms with Crippen LogP contribution in [-0.2, 0) is 13.1 Å². The number of aliphatic hydroxyl groups is 1. The molecule has 0 amide bonds. The van der Waals surface area contributed by atoms with E-state index in [0.717, 1.165) is 50.5 Å². The van der Waals surface area contributed by atoms with Gasteiger partial charge in [0.1, 0.15) is 17.7 Å². The summed E-state index contributed by atoms with van der Waals surface area (Å²) >= 11 is 0. The summed E-state index contributed by atoms with van der Waals surface area (Å²) in [6, 6.07) is 14.6. The van der Waals surface area contributed by atoms with Gasteiger partial charge < -0.3 is 20.5 Å². The van der Waals surface area contributed by atoms with Gasteiger partial charge in [-0.2, -0.15) is 0 Å². The number of piperidine rings is 1. The first-order valence-corrected chi connectivity index (χ1v) is 11.4. The van der Waals surface area contributed by atoms with Crippen LogP contribution in [0, 0.1) is 5.82 Å². The molecule has 1 unspecified atom stereocenters. The van der Waals surface area contributed by atoms with E-state index in [9.17, 15) is 9.50 Å². The molecular weight excluding hydrogens is 407 g/mol. The van der Waals surface area contributed by atoms with Crippen LogP contribution >= 0.6 is 0 Å². The lowest BCUT2D eigenvalue weighted by atomic mass is 10.1. The van der Waals surface area contributed by atoms with Crippen molar-refractivity contribution in [2.24, 2.45) is 4.99 Å². The van der Waals surface area contributed by atoms with Gasteiger partial charge in [0.05, 0.1) is 19.2 Å². The molecule has 1 aliphatic heterocycles. The highest BCUT2D eigenvalue weighted by molar-refractivity contribution is 5.79. The molecule has 2 aromatic carbocycles. The van der Waals surface area contributed by atoms with Gasteiger partial charge in [-0.05, 0) is 62.1 Å². The second kappa shape index (κ2) is 12.4. The van der Waals surface area contributed by atoms with Gasteiger partial charge in [0.25, 0.3) is 0 Å². The number of rotatable bonds is 9. The van der Waals surface area contributed by atoms with E-state index < -0.39 is 0 Å². The number of guanidine groups is 1. The topological polar surface area (TPSA) is 69.1 Å². The fraction of sp³-hybridized carbons (Fsp3) is 0.480. The number of likely N-dealkylation sites (tertiary alicyclic amines) is 1. The Bertz CT molecular complexity index is 834. The molecule has 1 heterocycles. The lowest BCUT2D eigenvalue weighted by Crippen LogP contribution is -2.41. The molecule has 7 heteroatoms. The van der Waals surface area contributed by atoms with Crippen LogP contribution < -0.4 is 15.4 Å². The van der Waals surface area contributed by atoms with Gasteiger partial charge in [0.15, 0.2) is 5.96 Å². The monoisotopic (exact) mass is 442 g/mol. The van der Waals surface area contributed by atoms with Crippen molar-refractivity contribution in [1.29, 1.82) is 0 Å². The molecule has 3 rings (SSSR count). The molecule has 3 N–H and O–H groups in total. The highest BCUT2D eigenvalue weighted by Crippen LogP contribution is 2.15. The van der Waals surface area contributed by atoms with Crippen molar-refractivity contribution in [3.63, 3.8) is 0 Å². The number of benzene rings is 2. The first-order chi connectivity index (χ1) is 15.5. The minimum absolute atomic E-state index is 0.0977. The third-order valence-electron chi connectivity index (χ3n) is 5.46. The Balaban J connectivity index is 1.46. The second-order valence-corrected chi connectivity index (χ2v) is 8.28. The molecule has 0 aromatic heterocycles. The van der Waals surface area contributed by atoms with Gasteiger partial charge in [0, 0.05) is 26.2 Å². The first kappa shape index (κ1) is 24.0. The summed E-state index contributed by atoms with van der Waals surface area (Å²) in [6.45, 7) is 8.74. The van der Waals surface area contributed by atoms with E-state index in [1.807, 2.05) is 13.8 Å². The van der Waals surface area contributed by atoms with Crippen molar-refractivity contribution in [3.8, 4) is 5.75 Å². The number of aliphatic hydroxyl groups excluding tert-OH is 1. The molecule has 0 saturated carbocycles. The van der Waals surface area contributed by atoms with Crippen molar-refractivity contribution < 1.29 is 14.2 Å². The Hall–Kier alpha value is -2.64. The minimum Gasteiger partial charge on any atom is -0.489 e. The summed E-state index contributed by atoms with van der Waals surface area (Å²) in [6.07, 6.45) is 1.49. The van der Waals surface area contributed by atoms with Crippen LogP contribution in [0.15, 0.2) is 53.5 Å². The maximum Gasteiger partial charge on any atom is 0.191 e. The number of nitrogens with zero attached hydrogens (tertiary/aromatic N) is 2. The molecule has 174 valence electrons. The standard InChI is InChI=1S/C25H35FN4O2/c1-3-27-25(28-16-19(2)32-24-10-8-22(26)9-11-24)29-17-20-4-6-21(7-5-20)18-30-14-12-23(31)13-15-30/h4-11,19,23,31H,3,12-18H2,1-2H3,(H2,27,28,29). The van der Waals surface area contributed by atoms with Crippen molar-refractivity contribution in [2.75, 3.05) is 26.2 Å². The van der Waals surface area contributed by atoms with Gasteiger partial charge in [-0.15, -0.1) is 0 Å². The minimum atomic E-state index is -0.274. The SMILES string of the molecule is CCNC(=NCc1ccc(CN2CCC(O)CC2)cc1)NCC(C)Oc1ccc(F)cc1. The van der Waals surface area contributed by atoms with Crippen LogP contribution in [0.5, 0.6) is 5.75 Å². The van der Waals surface area contributed by atoms with E-state index in [2.05, 4.69) is 44.8 Å². The van der Waals surface area contributed by atoms with E-state index in [1.54, 1.807) is 12.1 Å². The second-order valence-electron chi connectivity index (χ2n) is 8.28. The predicted octanol–water partition coefficient (Wildman–Crippen LogP) is 3.31. The predicted molar refractivity (Wildman–Crippen MR) is 126 cm³/mol. The zero-order valence-corrected chi connectivity index (χ0v) is 19.1. The average Bonchev–Trinajstić information content (AvgIpc) is 2.80. The molecule has 1 fully saturated rings. The highest BCUT2D eigenvalue weighted by atomic mass is 19.1. The summed E-state index contributed by atoms with van der Waals surface area (Å²) in [5.74, 6) is 1.10. The first-order valence-electron chi connectivity index (χ1n) is 11.4. The van der Waals surface area contributed by atoms with Gasteiger partial charge in [0.2, 0.25) is 0 Å². The van der Waals surface area contributed by atoms with E-state index in [0.29, 0.717) is 18.8 Å². The Morgan fingerprint density at radius 2 is 1.75 bits per heavy atom. The summed E-state index contributed by atoms with van der Waals surface area (Å²) in [5.41, 5.74) is 2.43. The number of ether oxygens (including phenoxy) is 1. The highest BCUT2D eigenvalue weighted by Gasteiger charge is 2.16. The van der Waals surface area contributed by atoms with Gasteiger partial charge >= 0.3 is 0 Å². The van der Waals surface area contributed by atoms with E-state index in [1.165, 1.54) is 17.7 Å². The molecule has 2 aromatic rings. The maximum absolute atomic E-state index is 13.0. The molecule has 0 radical (unpaired) electrons. The van der Waals surface area contributed by atoms with Crippen molar-refractivity contribution in [2.45, 2.75) is 52.0 Å². The lowest BCUT2D eigenvalue weighted by Gasteiger charge is -2.29. The van der Waals surface area contributed by atoms with Crippen LogP contribution in [0.3, 0.4) is 0 Å². The molecule has 0 aliphatic carbocycles. The van der Waals surface area contributed by atoms with Gasteiger partial charge in [-0.25, -0.2) is 9.38 Å². The molecule has 1 saturated heterocycles.